The molecule has 0 N–H and O–H groups in total. The summed E-state index contributed by atoms with van der Waals surface area (Å²) in [5, 5.41) is 0. The predicted octanol–water partition coefficient (Wildman–Crippen LogP) is 4.08. The largest absolute Gasteiger partial charge is 0.510 e. The molecule has 138 valence electrons. The van der Waals surface area contributed by atoms with E-state index in [0.717, 1.165) is 35.1 Å². The van der Waals surface area contributed by atoms with Crippen LogP contribution in [0.25, 0.3) is 16.8 Å². The van der Waals surface area contributed by atoms with Crippen LogP contribution in [0.3, 0.4) is 0 Å². The molecule has 7 nitrogen and oxygen atoms in total. The minimum absolute atomic E-state index is 0.245. The first-order valence-electron chi connectivity index (χ1n) is 8.74. The first kappa shape index (κ1) is 18.0. The van der Waals surface area contributed by atoms with Crippen molar-refractivity contribution in [3.63, 3.8) is 0 Å². The molecule has 0 aliphatic carbocycles. The number of para-hydroxylation sites is 2. The molecule has 3 aromatic rings. The SMILES string of the molecule is CCc1c(C(C)CC)nc2nc3ccccc3n2c1OCOC(=O)OC. The van der Waals surface area contributed by atoms with Crippen molar-refractivity contribution in [2.24, 2.45) is 0 Å². The number of imidazole rings is 1. The Morgan fingerprint density at radius 2 is 2.00 bits per heavy atom. The summed E-state index contributed by atoms with van der Waals surface area (Å²) in [7, 11) is 1.26. The zero-order valence-electron chi connectivity index (χ0n) is 15.5. The molecule has 0 saturated heterocycles. The summed E-state index contributed by atoms with van der Waals surface area (Å²) in [6.45, 7) is 6.07. The number of ether oxygens (including phenoxy) is 3. The molecular weight excluding hydrogens is 334 g/mol. The fourth-order valence-electron chi connectivity index (χ4n) is 2.99. The van der Waals surface area contributed by atoms with Crippen LogP contribution >= 0.6 is 0 Å². The van der Waals surface area contributed by atoms with Crippen molar-refractivity contribution in [2.75, 3.05) is 13.9 Å². The molecule has 0 aliphatic heterocycles. The van der Waals surface area contributed by atoms with Crippen LogP contribution in [0, 0.1) is 0 Å². The number of benzene rings is 1. The lowest BCUT2D eigenvalue weighted by molar-refractivity contribution is 0.0124. The van der Waals surface area contributed by atoms with Crippen LogP contribution in [0.15, 0.2) is 24.3 Å². The first-order chi connectivity index (χ1) is 12.6. The fraction of sp³-hybridized carbons (Fsp3) is 0.421. The summed E-state index contributed by atoms with van der Waals surface area (Å²) in [5.41, 5.74) is 3.69. The topological polar surface area (TPSA) is 75.0 Å². The van der Waals surface area contributed by atoms with Gasteiger partial charge in [0.25, 0.3) is 0 Å². The summed E-state index contributed by atoms with van der Waals surface area (Å²) >= 11 is 0. The van der Waals surface area contributed by atoms with Gasteiger partial charge in [-0.3, -0.25) is 0 Å². The van der Waals surface area contributed by atoms with Gasteiger partial charge in [0.2, 0.25) is 18.5 Å². The maximum absolute atomic E-state index is 11.2. The van der Waals surface area contributed by atoms with Gasteiger partial charge < -0.3 is 14.2 Å². The van der Waals surface area contributed by atoms with E-state index in [4.69, 9.17) is 14.5 Å². The summed E-state index contributed by atoms with van der Waals surface area (Å²) in [6.07, 6.45) is 0.906. The van der Waals surface area contributed by atoms with Crippen LogP contribution in [-0.4, -0.2) is 34.4 Å². The molecule has 0 saturated carbocycles. The Balaban J connectivity index is 2.19. The van der Waals surface area contributed by atoms with Crippen LogP contribution in [0.4, 0.5) is 4.79 Å². The standard InChI is InChI=1S/C19H23N3O4/c1-5-12(3)16-13(6-2)17(25-11-26-19(23)24-4)22-15-10-8-7-9-14(15)20-18(22)21-16/h7-10,12H,5-6,11H2,1-4H3. The van der Waals surface area contributed by atoms with E-state index in [2.05, 4.69) is 30.5 Å². The average Bonchev–Trinajstić information content (AvgIpc) is 3.04. The van der Waals surface area contributed by atoms with Crippen molar-refractivity contribution in [2.45, 2.75) is 39.5 Å². The van der Waals surface area contributed by atoms with E-state index < -0.39 is 6.16 Å². The number of fused-ring (bicyclic) bond motifs is 3. The van der Waals surface area contributed by atoms with Crippen molar-refractivity contribution >= 4 is 23.0 Å². The second kappa shape index (κ2) is 7.59. The normalized spacial score (nSPS) is 12.3. The van der Waals surface area contributed by atoms with Gasteiger partial charge in [-0.2, -0.15) is 0 Å². The van der Waals surface area contributed by atoms with E-state index >= 15 is 0 Å². The molecular formula is C19H23N3O4. The highest BCUT2D eigenvalue weighted by Gasteiger charge is 2.21. The number of carbonyl (C=O) groups is 1. The highest BCUT2D eigenvalue weighted by Crippen LogP contribution is 2.32. The highest BCUT2D eigenvalue weighted by atomic mass is 16.8. The molecule has 1 unspecified atom stereocenters. The van der Waals surface area contributed by atoms with Crippen molar-refractivity contribution in [1.29, 1.82) is 0 Å². The second-order valence-corrected chi connectivity index (χ2v) is 6.04. The molecule has 7 heteroatoms. The molecule has 0 amide bonds. The monoisotopic (exact) mass is 357 g/mol. The number of aromatic nitrogens is 3. The maximum atomic E-state index is 11.2. The van der Waals surface area contributed by atoms with Crippen LogP contribution in [0.2, 0.25) is 0 Å². The minimum Gasteiger partial charge on any atom is -0.441 e. The lowest BCUT2D eigenvalue weighted by Gasteiger charge is -2.18. The predicted molar refractivity (Wildman–Crippen MR) is 97.6 cm³/mol. The van der Waals surface area contributed by atoms with Gasteiger partial charge in [-0.05, 0) is 30.9 Å². The Labute approximate surface area is 151 Å². The second-order valence-electron chi connectivity index (χ2n) is 6.04. The molecule has 1 aromatic carbocycles. The molecule has 0 bridgehead atoms. The quantitative estimate of drug-likeness (QED) is 0.489. The van der Waals surface area contributed by atoms with Gasteiger partial charge in [0.05, 0.1) is 23.8 Å². The van der Waals surface area contributed by atoms with E-state index in [1.807, 2.05) is 28.7 Å². The maximum Gasteiger partial charge on any atom is 0.510 e. The van der Waals surface area contributed by atoms with E-state index in [1.54, 1.807) is 0 Å². The number of methoxy groups -OCH3 is 1. The van der Waals surface area contributed by atoms with Gasteiger partial charge >= 0.3 is 6.16 Å². The third-order valence-electron chi connectivity index (χ3n) is 4.51. The summed E-state index contributed by atoms with van der Waals surface area (Å²) < 4.78 is 17.2. The van der Waals surface area contributed by atoms with Crippen LogP contribution in [0.1, 0.15) is 44.4 Å². The Bertz CT molecular complexity index is 935. The summed E-state index contributed by atoms with van der Waals surface area (Å²) in [4.78, 5) is 20.7. The smallest absolute Gasteiger partial charge is 0.441 e. The van der Waals surface area contributed by atoms with Gasteiger partial charge in [-0.1, -0.05) is 32.9 Å². The molecule has 3 rings (SSSR count). The Kier molecular flexibility index (Phi) is 5.25. The lowest BCUT2D eigenvalue weighted by atomic mass is 9.99. The molecule has 0 radical (unpaired) electrons. The zero-order valence-corrected chi connectivity index (χ0v) is 15.5. The minimum atomic E-state index is -0.786. The van der Waals surface area contributed by atoms with Gasteiger partial charge in [-0.25, -0.2) is 19.2 Å². The third kappa shape index (κ3) is 3.16. The van der Waals surface area contributed by atoms with Gasteiger partial charge in [0, 0.05) is 5.56 Å². The van der Waals surface area contributed by atoms with Crippen LogP contribution < -0.4 is 4.74 Å². The van der Waals surface area contributed by atoms with Crippen LogP contribution in [-0.2, 0) is 15.9 Å². The number of hydrogen-bond acceptors (Lipinski definition) is 6. The number of hydrogen-bond donors (Lipinski definition) is 0. The highest BCUT2D eigenvalue weighted by molar-refractivity contribution is 5.80. The molecule has 2 heterocycles. The summed E-state index contributed by atoms with van der Waals surface area (Å²) in [5.74, 6) is 1.44. The molecule has 26 heavy (non-hydrogen) atoms. The fourth-order valence-corrected chi connectivity index (χ4v) is 2.99. The average molecular weight is 357 g/mol. The number of rotatable bonds is 6. The number of nitrogens with zero attached hydrogens (tertiary/aromatic N) is 3. The number of carbonyl (C=O) groups excluding carboxylic acids is 1. The van der Waals surface area contributed by atoms with Crippen LogP contribution in [0.5, 0.6) is 5.88 Å². The lowest BCUT2D eigenvalue weighted by Crippen LogP contribution is -2.15. The van der Waals surface area contributed by atoms with Gasteiger partial charge in [0.1, 0.15) is 0 Å². The van der Waals surface area contributed by atoms with E-state index in [9.17, 15) is 4.79 Å². The van der Waals surface area contributed by atoms with Crippen molar-refractivity contribution < 1.29 is 19.0 Å². The van der Waals surface area contributed by atoms with E-state index in [-0.39, 0.29) is 12.7 Å². The molecule has 1 atom stereocenters. The van der Waals surface area contributed by atoms with Crippen molar-refractivity contribution in [3.05, 3.63) is 35.5 Å². The first-order valence-corrected chi connectivity index (χ1v) is 8.74. The molecule has 0 fully saturated rings. The third-order valence-corrected chi connectivity index (χ3v) is 4.51. The summed E-state index contributed by atoms with van der Waals surface area (Å²) in [6, 6.07) is 7.78. The molecule has 2 aromatic heterocycles. The van der Waals surface area contributed by atoms with E-state index in [1.165, 1.54) is 7.11 Å². The van der Waals surface area contributed by atoms with Crippen molar-refractivity contribution in [1.82, 2.24) is 14.4 Å². The van der Waals surface area contributed by atoms with Gasteiger partial charge in [0.15, 0.2) is 0 Å². The Hall–Kier alpha value is -2.83. The van der Waals surface area contributed by atoms with E-state index in [0.29, 0.717) is 11.7 Å². The molecule has 0 aliphatic rings. The Morgan fingerprint density at radius 1 is 1.23 bits per heavy atom. The molecule has 0 spiro atoms. The van der Waals surface area contributed by atoms with Crippen molar-refractivity contribution in [3.8, 4) is 5.88 Å². The zero-order chi connectivity index (χ0) is 18.7. The Morgan fingerprint density at radius 3 is 2.69 bits per heavy atom. The van der Waals surface area contributed by atoms with Gasteiger partial charge in [-0.15, -0.1) is 0 Å².